The summed E-state index contributed by atoms with van der Waals surface area (Å²) < 4.78 is 17.7. The summed E-state index contributed by atoms with van der Waals surface area (Å²) >= 11 is 0. The number of benzene rings is 2. The molecule has 0 aliphatic carbocycles. The molecule has 0 saturated carbocycles. The van der Waals surface area contributed by atoms with Gasteiger partial charge in [0.2, 0.25) is 0 Å². The summed E-state index contributed by atoms with van der Waals surface area (Å²) in [7, 11) is 0.448. The Morgan fingerprint density at radius 3 is 2.63 bits per heavy atom. The Morgan fingerprint density at radius 1 is 1.21 bits per heavy atom. The summed E-state index contributed by atoms with van der Waals surface area (Å²) in [5, 5.41) is 0. The first-order chi connectivity index (χ1) is 9.11. The third-order valence-electron chi connectivity index (χ3n) is 2.89. The zero-order valence-electron chi connectivity index (χ0n) is 11.1. The average molecular weight is 275 g/mol. The second-order valence-corrected chi connectivity index (χ2v) is 5.76. The summed E-state index contributed by atoms with van der Waals surface area (Å²) in [5.41, 5.74) is 8.47. The van der Waals surface area contributed by atoms with Crippen LogP contribution in [0.4, 0.5) is 5.69 Å². The van der Waals surface area contributed by atoms with Crippen molar-refractivity contribution >= 4 is 16.5 Å². The lowest BCUT2D eigenvalue weighted by molar-refractivity contribution is 0.411. The molecule has 19 heavy (non-hydrogen) atoms. The highest BCUT2D eigenvalue weighted by molar-refractivity contribution is 7.84. The van der Waals surface area contributed by atoms with Crippen LogP contribution in [-0.4, -0.2) is 11.3 Å². The average Bonchev–Trinajstić information content (AvgIpc) is 2.39. The molecule has 2 aromatic rings. The summed E-state index contributed by atoms with van der Waals surface area (Å²) in [4.78, 5) is 0.672. The summed E-state index contributed by atoms with van der Waals surface area (Å²) in [6.07, 6.45) is 0. The van der Waals surface area contributed by atoms with Crippen molar-refractivity contribution in [2.45, 2.75) is 17.6 Å². The molecule has 0 saturated heterocycles. The molecule has 0 spiro atoms. The topological polar surface area (TPSA) is 52.3 Å². The highest BCUT2D eigenvalue weighted by Gasteiger charge is 2.11. The molecule has 4 heteroatoms. The van der Waals surface area contributed by atoms with Crippen LogP contribution in [0.3, 0.4) is 0 Å². The van der Waals surface area contributed by atoms with Gasteiger partial charge in [-0.3, -0.25) is 4.21 Å². The minimum Gasteiger partial charge on any atom is -0.496 e. The van der Waals surface area contributed by atoms with Crippen LogP contribution < -0.4 is 10.5 Å². The molecule has 0 bridgehead atoms. The van der Waals surface area contributed by atoms with E-state index in [9.17, 15) is 4.21 Å². The van der Waals surface area contributed by atoms with Crippen LogP contribution >= 0.6 is 0 Å². The first-order valence-corrected chi connectivity index (χ1v) is 7.30. The maximum atomic E-state index is 12.4. The van der Waals surface area contributed by atoms with Crippen molar-refractivity contribution in [1.29, 1.82) is 0 Å². The third kappa shape index (κ3) is 3.15. The Morgan fingerprint density at radius 2 is 1.95 bits per heavy atom. The number of para-hydroxylation sites is 1. The number of aryl methyl sites for hydroxylation is 1. The Bertz CT molecular complexity index is 611. The normalized spacial score (nSPS) is 12.1. The van der Waals surface area contributed by atoms with Gasteiger partial charge in [0.05, 0.1) is 28.6 Å². The summed E-state index contributed by atoms with van der Waals surface area (Å²) in [5.74, 6) is 1.16. The van der Waals surface area contributed by atoms with E-state index in [0.717, 1.165) is 16.9 Å². The second-order valence-electron chi connectivity index (χ2n) is 4.34. The van der Waals surface area contributed by atoms with Gasteiger partial charge < -0.3 is 10.5 Å². The van der Waals surface area contributed by atoms with E-state index in [1.54, 1.807) is 19.2 Å². The van der Waals surface area contributed by atoms with E-state index < -0.39 is 10.8 Å². The van der Waals surface area contributed by atoms with Crippen LogP contribution in [0.1, 0.15) is 11.1 Å². The number of hydrogen-bond donors (Lipinski definition) is 1. The molecule has 0 fully saturated rings. The van der Waals surface area contributed by atoms with Crippen molar-refractivity contribution in [3.63, 3.8) is 0 Å². The Balaban J connectivity index is 2.29. The minimum atomic E-state index is -1.17. The van der Waals surface area contributed by atoms with Crippen molar-refractivity contribution in [2.24, 2.45) is 0 Å². The molecule has 1 atom stereocenters. The fourth-order valence-corrected chi connectivity index (χ4v) is 3.15. The van der Waals surface area contributed by atoms with Crippen LogP contribution in [0.15, 0.2) is 47.4 Å². The molecule has 0 radical (unpaired) electrons. The van der Waals surface area contributed by atoms with Gasteiger partial charge in [-0.1, -0.05) is 29.8 Å². The standard InChI is InChI=1S/C15H17NO2S/c1-11-7-8-14(18-2)12(9-11)10-19(17)15-6-4-3-5-13(15)16/h3-9H,10,16H2,1-2H3. The van der Waals surface area contributed by atoms with E-state index in [1.165, 1.54) is 0 Å². The molecule has 0 aliphatic heterocycles. The first kappa shape index (κ1) is 13.6. The molecule has 2 aromatic carbocycles. The van der Waals surface area contributed by atoms with Gasteiger partial charge >= 0.3 is 0 Å². The first-order valence-electron chi connectivity index (χ1n) is 5.98. The number of methoxy groups -OCH3 is 1. The van der Waals surface area contributed by atoms with Crippen molar-refractivity contribution in [1.82, 2.24) is 0 Å². The highest BCUT2D eigenvalue weighted by atomic mass is 32.2. The number of anilines is 1. The molecule has 0 heterocycles. The number of nitrogens with two attached hydrogens (primary N) is 1. The van der Waals surface area contributed by atoms with Gasteiger partial charge in [-0.05, 0) is 25.1 Å². The fourth-order valence-electron chi connectivity index (χ4n) is 1.93. The molecular weight excluding hydrogens is 258 g/mol. The van der Waals surface area contributed by atoms with Gasteiger partial charge in [0.1, 0.15) is 5.75 Å². The van der Waals surface area contributed by atoms with Crippen molar-refractivity contribution in [2.75, 3.05) is 12.8 Å². The van der Waals surface area contributed by atoms with E-state index in [0.29, 0.717) is 16.3 Å². The SMILES string of the molecule is COc1ccc(C)cc1CS(=O)c1ccccc1N. The van der Waals surface area contributed by atoms with Crippen molar-refractivity contribution in [3.05, 3.63) is 53.6 Å². The molecule has 100 valence electrons. The van der Waals surface area contributed by atoms with Gasteiger partial charge in [-0.2, -0.15) is 0 Å². The second kappa shape index (κ2) is 5.89. The number of rotatable bonds is 4. The Hall–Kier alpha value is -1.81. The fraction of sp³-hybridized carbons (Fsp3) is 0.200. The zero-order chi connectivity index (χ0) is 13.8. The van der Waals surface area contributed by atoms with Gasteiger partial charge in [0.15, 0.2) is 0 Å². The largest absolute Gasteiger partial charge is 0.496 e. The van der Waals surface area contributed by atoms with Crippen molar-refractivity contribution < 1.29 is 8.95 Å². The monoisotopic (exact) mass is 275 g/mol. The molecular formula is C15H17NO2S. The van der Waals surface area contributed by atoms with Crippen LogP contribution in [0.2, 0.25) is 0 Å². The molecule has 1 unspecified atom stereocenters. The van der Waals surface area contributed by atoms with E-state index in [4.69, 9.17) is 10.5 Å². The van der Waals surface area contributed by atoms with E-state index >= 15 is 0 Å². The third-order valence-corrected chi connectivity index (χ3v) is 4.32. The van der Waals surface area contributed by atoms with Crippen LogP contribution in [0.25, 0.3) is 0 Å². The smallest absolute Gasteiger partial charge is 0.123 e. The number of hydrogen-bond acceptors (Lipinski definition) is 3. The van der Waals surface area contributed by atoms with Crippen LogP contribution in [0.5, 0.6) is 5.75 Å². The van der Waals surface area contributed by atoms with Gasteiger partial charge in [-0.25, -0.2) is 0 Å². The molecule has 2 rings (SSSR count). The predicted octanol–water partition coefficient (Wildman–Crippen LogP) is 2.89. The van der Waals surface area contributed by atoms with Gasteiger partial charge in [0, 0.05) is 11.3 Å². The summed E-state index contributed by atoms with van der Waals surface area (Å²) in [6, 6.07) is 13.1. The lowest BCUT2D eigenvalue weighted by Gasteiger charge is -2.10. The minimum absolute atomic E-state index is 0.402. The summed E-state index contributed by atoms with van der Waals surface area (Å²) in [6.45, 7) is 2.00. The molecule has 2 N–H and O–H groups in total. The maximum absolute atomic E-state index is 12.4. The highest BCUT2D eigenvalue weighted by Crippen LogP contribution is 2.25. The molecule has 0 aliphatic rings. The molecule has 0 aromatic heterocycles. The van der Waals surface area contributed by atoms with E-state index in [-0.39, 0.29) is 0 Å². The van der Waals surface area contributed by atoms with Gasteiger partial charge in [0.25, 0.3) is 0 Å². The Kier molecular flexibility index (Phi) is 4.22. The quantitative estimate of drug-likeness (QED) is 0.873. The molecule has 3 nitrogen and oxygen atoms in total. The number of nitrogen functional groups attached to an aromatic ring is 1. The maximum Gasteiger partial charge on any atom is 0.123 e. The van der Waals surface area contributed by atoms with E-state index in [2.05, 4.69) is 0 Å². The van der Waals surface area contributed by atoms with Crippen molar-refractivity contribution in [3.8, 4) is 5.75 Å². The van der Waals surface area contributed by atoms with E-state index in [1.807, 2.05) is 37.3 Å². The number of ether oxygens (including phenoxy) is 1. The van der Waals surface area contributed by atoms with Gasteiger partial charge in [-0.15, -0.1) is 0 Å². The predicted molar refractivity (Wildman–Crippen MR) is 78.7 cm³/mol. The molecule has 0 amide bonds. The lowest BCUT2D eigenvalue weighted by atomic mass is 10.1. The zero-order valence-corrected chi connectivity index (χ0v) is 11.9. The van der Waals surface area contributed by atoms with Crippen LogP contribution in [0, 0.1) is 6.92 Å². The van der Waals surface area contributed by atoms with Crippen LogP contribution in [-0.2, 0) is 16.6 Å². The Labute approximate surface area is 115 Å². The lowest BCUT2D eigenvalue weighted by Crippen LogP contribution is -2.02.